The van der Waals surface area contributed by atoms with Crippen LogP contribution >= 0.6 is 0 Å². The lowest BCUT2D eigenvalue weighted by molar-refractivity contribution is 0.112. The third kappa shape index (κ3) is 3.13. The zero-order chi connectivity index (χ0) is 12.3. The molecule has 0 aromatic heterocycles. The molecule has 1 saturated heterocycles. The molecule has 2 unspecified atom stereocenters. The summed E-state index contributed by atoms with van der Waals surface area (Å²) in [6.07, 6.45) is 1.43. The van der Waals surface area contributed by atoms with Crippen molar-refractivity contribution in [2.24, 2.45) is 5.92 Å². The van der Waals surface area contributed by atoms with E-state index in [1.807, 2.05) is 20.2 Å². The minimum atomic E-state index is 0.341. The summed E-state index contributed by atoms with van der Waals surface area (Å²) < 4.78 is 6.09. The fourth-order valence-electron chi connectivity index (χ4n) is 2.17. The number of ether oxygens (including phenoxy) is 1. The summed E-state index contributed by atoms with van der Waals surface area (Å²) >= 11 is 0. The van der Waals surface area contributed by atoms with Crippen LogP contribution < -0.4 is 15.0 Å². The van der Waals surface area contributed by atoms with Crippen LogP contribution in [-0.4, -0.2) is 33.3 Å². The minimum absolute atomic E-state index is 0.341. The topological polar surface area (TPSA) is 24.5 Å². The van der Waals surface area contributed by atoms with Gasteiger partial charge in [0, 0.05) is 38.3 Å². The summed E-state index contributed by atoms with van der Waals surface area (Å²) in [6, 6.07) is 8.30. The van der Waals surface area contributed by atoms with E-state index in [4.69, 9.17) is 4.74 Å². The standard InChI is InChI=1S/C14H22N2O/c1-11-10-15-8-7-14(11)17-13-6-4-5-12(9-13)16(2)3/h4-6,9,11,14-15H,7-8,10H2,1-3H3. The van der Waals surface area contributed by atoms with Crippen molar-refractivity contribution in [2.75, 3.05) is 32.1 Å². The molecule has 3 heteroatoms. The van der Waals surface area contributed by atoms with Crippen molar-refractivity contribution in [3.63, 3.8) is 0 Å². The Morgan fingerprint density at radius 2 is 2.18 bits per heavy atom. The van der Waals surface area contributed by atoms with E-state index in [1.165, 1.54) is 5.69 Å². The number of nitrogens with zero attached hydrogens (tertiary/aromatic N) is 1. The quantitative estimate of drug-likeness (QED) is 0.867. The molecule has 2 rings (SSSR count). The molecule has 0 aliphatic carbocycles. The molecule has 2 atom stereocenters. The lowest BCUT2D eigenvalue weighted by Crippen LogP contribution is -2.41. The van der Waals surface area contributed by atoms with Crippen LogP contribution in [0.15, 0.2) is 24.3 Å². The van der Waals surface area contributed by atoms with Crippen LogP contribution in [0.1, 0.15) is 13.3 Å². The van der Waals surface area contributed by atoms with Crippen molar-refractivity contribution in [1.82, 2.24) is 5.32 Å². The summed E-state index contributed by atoms with van der Waals surface area (Å²) in [5.41, 5.74) is 1.18. The molecule has 1 aromatic carbocycles. The van der Waals surface area contributed by atoms with Gasteiger partial charge in [-0.1, -0.05) is 13.0 Å². The Labute approximate surface area is 104 Å². The number of benzene rings is 1. The van der Waals surface area contributed by atoms with E-state index in [-0.39, 0.29) is 0 Å². The first-order valence-corrected chi connectivity index (χ1v) is 6.31. The smallest absolute Gasteiger partial charge is 0.121 e. The van der Waals surface area contributed by atoms with Gasteiger partial charge in [-0.05, 0) is 25.1 Å². The molecule has 1 aliphatic rings. The van der Waals surface area contributed by atoms with Crippen molar-refractivity contribution in [3.05, 3.63) is 24.3 Å². The van der Waals surface area contributed by atoms with Gasteiger partial charge in [0.15, 0.2) is 0 Å². The SMILES string of the molecule is CC1CNCCC1Oc1cccc(N(C)C)c1. The number of anilines is 1. The molecule has 0 bridgehead atoms. The van der Waals surface area contributed by atoms with Gasteiger partial charge in [-0.15, -0.1) is 0 Å². The second-order valence-corrected chi connectivity index (χ2v) is 5.02. The summed E-state index contributed by atoms with van der Waals surface area (Å²) in [5.74, 6) is 1.56. The monoisotopic (exact) mass is 234 g/mol. The highest BCUT2D eigenvalue weighted by molar-refractivity contribution is 5.49. The predicted molar refractivity (Wildman–Crippen MR) is 71.8 cm³/mol. The molecule has 17 heavy (non-hydrogen) atoms. The van der Waals surface area contributed by atoms with E-state index in [9.17, 15) is 0 Å². The van der Waals surface area contributed by atoms with Crippen molar-refractivity contribution in [3.8, 4) is 5.75 Å². The fourth-order valence-corrected chi connectivity index (χ4v) is 2.17. The molecule has 0 amide bonds. The average Bonchev–Trinajstić information content (AvgIpc) is 2.32. The van der Waals surface area contributed by atoms with Crippen LogP contribution in [-0.2, 0) is 0 Å². The number of nitrogens with one attached hydrogen (secondary N) is 1. The van der Waals surface area contributed by atoms with Crippen LogP contribution in [0.3, 0.4) is 0 Å². The summed E-state index contributed by atoms with van der Waals surface area (Å²) in [4.78, 5) is 2.10. The van der Waals surface area contributed by atoms with Crippen molar-refractivity contribution in [2.45, 2.75) is 19.4 Å². The highest BCUT2D eigenvalue weighted by Crippen LogP contribution is 2.23. The summed E-state index contributed by atoms with van der Waals surface area (Å²) in [6.45, 7) is 4.35. The predicted octanol–water partition coefficient (Wildman–Crippen LogP) is 2.13. The number of hydrogen-bond donors (Lipinski definition) is 1. The molecular formula is C14H22N2O. The Kier molecular flexibility index (Phi) is 3.89. The lowest BCUT2D eigenvalue weighted by atomic mass is 9.98. The zero-order valence-corrected chi connectivity index (χ0v) is 10.9. The Bertz CT molecular complexity index is 365. The van der Waals surface area contributed by atoms with E-state index < -0.39 is 0 Å². The lowest BCUT2D eigenvalue weighted by Gasteiger charge is -2.30. The summed E-state index contributed by atoms with van der Waals surface area (Å²) in [7, 11) is 4.10. The molecule has 94 valence electrons. The Morgan fingerprint density at radius 1 is 1.35 bits per heavy atom. The Hall–Kier alpha value is -1.22. The largest absolute Gasteiger partial charge is 0.490 e. The van der Waals surface area contributed by atoms with Crippen LogP contribution in [0.5, 0.6) is 5.75 Å². The first-order valence-electron chi connectivity index (χ1n) is 6.31. The van der Waals surface area contributed by atoms with Crippen LogP contribution in [0.25, 0.3) is 0 Å². The normalized spacial score (nSPS) is 24.4. The number of piperidine rings is 1. The third-order valence-corrected chi connectivity index (χ3v) is 3.33. The van der Waals surface area contributed by atoms with E-state index in [1.54, 1.807) is 0 Å². The molecule has 1 fully saturated rings. The minimum Gasteiger partial charge on any atom is -0.490 e. The second kappa shape index (κ2) is 5.41. The van der Waals surface area contributed by atoms with E-state index in [0.29, 0.717) is 12.0 Å². The molecule has 0 radical (unpaired) electrons. The van der Waals surface area contributed by atoms with Gasteiger partial charge >= 0.3 is 0 Å². The first kappa shape index (κ1) is 12.2. The zero-order valence-electron chi connectivity index (χ0n) is 10.9. The maximum Gasteiger partial charge on any atom is 0.121 e. The molecule has 1 aromatic rings. The van der Waals surface area contributed by atoms with Gasteiger partial charge < -0.3 is 15.0 Å². The molecule has 1 N–H and O–H groups in total. The highest BCUT2D eigenvalue weighted by Gasteiger charge is 2.22. The van der Waals surface area contributed by atoms with Gasteiger partial charge in [-0.25, -0.2) is 0 Å². The van der Waals surface area contributed by atoms with Crippen LogP contribution in [0.2, 0.25) is 0 Å². The van der Waals surface area contributed by atoms with Gasteiger partial charge in [0.05, 0.1) is 0 Å². The molecule has 0 saturated carbocycles. The molecule has 1 heterocycles. The van der Waals surface area contributed by atoms with E-state index in [2.05, 4.69) is 35.3 Å². The number of hydrogen-bond acceptors (Lipinski definition) is 3. The van der Waals surface area contributed by atoms with Crippen molar-refractivity contribution >= 4 is 5.69 Å². The second-order valence-electron chi connectivity index (χ2n) is 5.02. The van der Waals surface area contributed by atoms with E-state index in [0.717, 1.165) is 25.3 Å². The Balaban J connectivity index is 2.04. The first-order chi connectivity index (χ1) is 8.16. The summed E-state index contributed by atoms with van der Waals surface area (Å²) in [5, 5.41) is 3.39. The average molecular weight is 234 g/mol. The maximum atomic E-state index is 6.09. The van der Waals surface area contributed by atoms with Gasteiger partial charge in [0.25, 0.3) is 0 Å². The third-order valence-electron chi connectivity index (χ3n) is 3.33. The van der Waals surface area contributed by atoms with Gasteiger partial charge in [-0.3, -0.25) is 0 Å². The molecular weight excluding hydrogens is 212 g/mol. The molecule has 0 spiro atoms. The van der Waals surface area contributed by atoms with Crippen LogP contribution in [0.4, 0.5) is 5.69 Å². The van der Waals surface area contributed by atoms with Gasteiger partial charge in [0.1, 0.15) is 11.9 Å². The van der Waals surface area contributed by atoms with Crippen LogP contribution in [0, 0.1) is 5.92 Å². The Morgan fingerprint density at radius 3 is 2.88 bits per heavy atom. The van der Waals surface area contributed by atoms with Gasteiger partial charge in [-0.2, -0.15) is 0 Å². The fraction of sp³-hybridized carbons (Fsp3) is 0.571. The highest BCUT2D eigenvalue weighted by atomic mass is 16.5. The van der Waals surface area contributed by atoms with E-state index >= 15 is 0 Å². The maximum absolute atomic E-state index is 6.09. The number of rotatable bonds is 3. The van der Waals surface area contributed by atoms with Gasteiger partial charge in [0.2, 0.25) is 0 Å². The van der Waals surface area contributed by atoms with Crippen molar-refractivity contribution < 1.29 is 4.74 Å². The molecule has 3 nitrogen and oxygen atoms in total. The molecule has 1 aliphatic heterocycles. The van der Waals surface area contributed by atoms with Crippen molar-refractivity contribution in [1.29, 1.82) is 0 Å².